The highest BCUT2D eigenvalue weighted by molar-refractivity contribution is 7.92. The molecule has 1 aliphatic heterocycles. The lowest BCUT2D eigenvalue weighted by molar-refractivity contribution is 0.102. The van der Waals surface area contributed by atoms with E-state index in [2.05, 4.69) is 5.32 Å². The van der Waals surface area contributed by atoms with Gasteiger partial charge in [-0.25, -0.2) is 8.42 Å². The first kappa shape index (κ1) is 22.7. The number of nitrogens with zero attached hydrogens (tertiary/aromatic N) is 1. The Hall–Kier alpha value is -3.52. The Morgan fingerprint density at radius 3 is 2.33 bits per heavy atom. The average Bonchev–Trinajstić information content (AvgIpc) is 3.14. The summed E-state index contributed by atoms with van der Waals surface area (Å²) in [5, 5.41) is 2.85. The van der Waals surface area contributed by atoms with Gasteiger partial charge >= 0.3 is 0 Å². The van der Waals surface area contributed by atoms with Gasteiger partial charge < -0.3 is 14.8 Å². The van der Waals surface area contributed by atoms with Crippen LogP contribution in [0.1, 0.15) is 28.4 Å². The van der Waals surface area contributed by atoms with Crippen molar-refractivity contribution in [3.8, 4) is 11.5 Å². The number of methoxy groups -OCH3 is 2. The van der Waals surface area contributed by atoms with E-state index in [4.69, 9.17) is 9.47 Å². The van der Waals surface area contributed by atoms with Crippen molar-refractivity contribution in [1.29, 1.82) is 0 Å². The molecule has 1 atom stereocenters. The van der Waals surface area contributed by atoms with Crippen LogP contribution in [0.4, 0.5) is 11.4 Å². The van der Waals surface area contributed by atoms with Crippen LogP contribution in [-0.2, 0) is 16.4 Å². The van der Waals surface area contributed by atoms with Crippen molar-refractivity contribution in [3.63, 3.8) is 0 Å². The minimum Gasteiger partial charge on any atom is -0.493 e. The summed E-state index contributed by atoms with van der Waals surface area (Å²) in [7, 11) is -0.632. The van der Waals surface area contributed by atoms with Crippen molar-refractivity contribution in [2.24, 2.45) is 0 Å². The number of hydrogen-bond acceptors (Lipinski definition) is 5. The minimum absolute atomic E-state index is 0.253. The molecule has 4 rings (SSSR count). The number of fused-ring (bicyclic) bond motifs is 1. The molecule has 1 aliphatic rings. The maximum absolute atomic E-state index is 13.3. The standard InChI is InChI=1S/C25H26N2O5S/c1-16-5-9-21(10-6-16)33(29,30)27-17(2)13-19-14-18(7-11-22(19)27)25(28)26-20-8-12-23(31-3)24(15-20)32-4/h5-12,14-15,17H,13H2,1-4H3,(H,26,28)/t17-/m0/s1. The summed E-state index contributed by atoms with van der Waals surface area (Å²) < 4.78 is 38.6. The molecule has 3 aromatic rings. The fourth-order valence-corrected chi connectivity index (χ4v) is 5.74. The molecule has 8 heteroatoms. The molecule has 0 aromatic heterocycles. The van der Waals surface area contributed by atoms with E-state index < -0.39 is 10.0 Å². The van der Waals surface area contributed by atoms with E-state index in [0.29, 0.717) is 34.9 Å². The number of sulfonamides is 1. The van der Waals surface area contributed by atoms with Crippen LogP contribution >= 0.6 is 0 Å². The third kappa shape index (κ3) is 4.26. The molecular formula is C25H26N2O5S. The van der Waals surface area contributed by atoms with Crippen molar-refractivity contribution in [2.75, 3.05) is 23.8 Å². The van der Waals surface area contributed by atoms with Crippen molar-refractivity contribution >= 4 is 27.3 Å². The molecule has 33 heavy (non-hydrogen) atoms. The van der Waals surface area contributed by atoms with Gasteiger partial charge in [-0.3, -0.25) is 9.10 Å². The third-order valence-electron chi connectivity index (χ3n) is 5.71. The SMILES string of the molecule is COc1ccc(NC(=O)c2ccc3c(c2)C[C@H](C)N3S(=O)(=O)c2ccc(C)cc2)cc1OC. The van der Waals surface area contributed by atoms with Gasteiger partial charge in [0.05, 0.1) is 24.8 Å². The number of ether oxygens (including phenoxy) is 2. The Morgan fingerprint density at radius 2 is 1.67 bits per heavy atom. The lowest BCUT2D eigenvalue weighted by atomic mass is 10.1. The van der Waals surface area contributed by atoms with Gasteiger partial charge in [0.25, 0.3) is 15.9 Å². The summed E-state index contributed by atoms with van der Waals surface area (Å²) in [5.74, 6) is 0.782. The van der Waals surface area contributed by atoms with Gasteiger partial charge in [-0.15, -0.1) is 0 Å². The van der Waals surface area contributed by atoms with Crippen molar-refractivity contribution in [1.82, 2.24) is 0 Å². The monoisotopic (exact) mass is 466 g/mol. The second kappa shape index (κ2) is 8.78. The highest BCUT2D eigenvalue weighted by Crippen LogP contribution is 2.37. The number of carbonyl (C=O) groups is 1. The molecule has 1 N–H and O–H groups in total. The van der Waals surface area contributed by atoms with Crippen LogP contribution in [0.15, 0.2) is 65.6 Å². The molecule has 1 heterocycles. The molecule has 1 amide bonds. The second-order valence-electron chi connectivity index (χ2n) is 8.03. The molecule has 172 valence electrons. The molecule has 0 fully saturated rings. The van der Waals surface area contributed by atoms with Gasteiger partial charge in [-0.2, -0.15) is 0 Å². The summed E-state index contributed by atoms with van der Waals surface area (Å²) in [6.07, 6.45) is 0.526. The summed E-state index contributed by atoms with van der Waals surface area (Å²) in [6, 6.07) is 16.8. The van der Waals surface area contributed by atoms with Crippen molar-refractivity contribution in [2.45, 2.75) is 31.2 Å². The summed E-state index contributed by atoms with van der Waals surface area (Å²) in [4.78, 5) is 13.1. The number of benzene rings is 3. The Morgan fingerprint density at radius 1 is 0.970 bits per heavy atom. The fourth-order valence-electron chi connectivity index (χ4n) is 4.05. The molecule has 3 aromatic carbocycles. The number of rotatable bonds is 6. The predicted molar refractivity (Wildman–Crippen MR) is 128 cm³/mol. The van der Waals surface area contributed by atoms with Crippen molar-refractivity contribution < 1.29 is 22.7 Å². The zero-order valence-electron chi connectivity index (χ0n) is 19.0. The average molecular weight is 467 g/mol. The van der Waals surface area contributed by atoms with E-state index in [1.807, 2.05) is 13.8 Å². The lowest BCUT2D eigenvalue weighted by Gasteiger charge is -2.24. The quantitative estimate of drug-likeness (QED) is 0.582. The van der Waals surface area contributed by atoms with Gasteiger partial charge in [0.2, 0.25) is 0 Å². The maximum Gasteiger partial charge on any atom is 0.264 e. The summed E-state index contributed by atoms with van der Waals surface area (Å²) in [6.45, 7) is 3.79. The van der Waals surface area contributed by atoms with E-state index in [-0.39, 0.29) is 16.8 Å². The fraction of sp³-hybridized carbons (Fsp3) is 0.240. The highest BCUT2D eigenvalue weighted by Gasteiger charge is 2.36. The Labute approximate surface area is 194 Å². The van der Waals surface area contributed by atoms with Gasteiger partial charge in [-0.05, 0) is 68.3 Å². The number of hydrogen-bond donors (Lipinski definition) is 1. The highest BCUT2D eigenvalue weighted by atomic mass is 32.2. The van der Waals surface area contributed by atoms with Gasteiger partial charge in [0.15, 0.2) is 11.5 Å². The topological polar surface area (TPSA) is 84.9 Å². The first-order valence-corrected chi connectivity index (χ1v) is 12.0. The molecule has 0 bridgehead atoms. The zero-order valence-corrected chi connectivity index (χ0v) is 19.8. The van der Waals surface area contributed by atoms with Crippen LogP contribution < -0.4 is 19.1 Å². The van der Waals surface area contributed by atoms with E-state index in [0.717, 1.165) is 11.1 Å². The first-order valence-electron chi connectivity index (χ1n) is 10.5. The number of aryl methyl sites for hydroxylation is 1. The minimum atomic E-state index is -3.71. The largest absolute Gasteiger partial charge is 0.493 e. The first-order chi connectivity index (χ1) is 15.7. The molecule has 0 radical (unpaired) electrons. The number of nitrogens with one attached hydrogen (secondary N) is 1. The molecule has 0 saturated heterocycles. The molecule has 0 unspecified atom stereocenters. The lowest BCUT2D eigenvalue weighted by Crippen LogP contribution is -2.35. The number of anilines is 2. The Balaban J connectivity index is 1.60. The number of amides is 1. The van der Waals surface area contributed by atoms with E-state index in [9.17, 15) is 13.2 Å². The molecule has 0 saturated carbocycles. The molecule has 0 aliphatic carbocycles. The van der Waals surface area contributed by atoms with Crippen LogP contribution in [-0.4, -0.2) is 34.6 Å². The van der Waals surface area contributed by atoms with Crippen LogP contribution in [0.2, 0.25) is 0 Å². The maximum atomic E-state index is 13.3. The number of carbonyl (C=O) groups excluding carboxylic acids is 1. The Bertz CT molecular complexity index is 1300. The van der Waals surface area contributed by atoms with Crippen LogP contribution in [0.25, 0.3) is 0 Å². The predicted octanol–water partition coefficient (Wildman–Crippen LogP) is 4.40. The van der Waals surface area contributed by atoms with Crippen LogP contribution in [0.3, 0.4) is 0 Å². The van der Waals surface area contributed by atoms with E-state index >= 15 is 0 Å². The summed E-state index contributed by atoms with van der Waals surface area (Å²) >= 11 is 0. The normalized spacial score (nSPS) is 15.2. The molecule has 0 spiro atoms. The second-order valence-corrected chi connectivity index (χ2v) is 9.85. The van der Waals surface area contributed by atoms with E-state index in [1.54, 1.807) is 67.8 Å². The molecular weight excluding hydrogens is 440 g/mol. The Kier molecular flexibility index (Phi) is 6.03. The molecule has 7 nitrogen and oxygen atoms in total. The van der Waals surface area contributed by atoms with Crippen molar-refractivity contribution in [3.05, 3.63) is 77.4 Å². The van der Waals surface area contributed by atoms with Gasteiger partial charge in [0.1, 0.15) is 0 Å². The zero-order chi connectivity index (χ0) is 23.8. The third-order valence-corrected chi connectivity index (χ3v) is 7.66. The van der Waals surface area contributed by atoms with Crippen LogP contribution in [0, 0.1) is 6.92 Å². The van der Waals surface area contributed by atoms with Crippen LogP contribution in [0.5, 0.6) is 11.5 Å². The van der Waals surface area contributed by atoms with E-state index in [1.165, 1.54) is 11.4 Å². The van der Waals surface area contributed by atoms with Gasteiger partial charge in [-0.1, -0.05) is 17.7 Å². The van der Waals surface area contributed by atoms with Gasteiger partial charge in [0, 0.05) is 23.4 Å². The summed E-state index contributed by atoms with van der Waals surface area (Å²) in [5.41, 5.74) is 3.43. The smallest absolute Gasteiger partial charge is 0.264 e.